The lowest BCUT2D eigenvalue weighted by Gasteiger charge is -2.27. The van der Waals surface area contributed by atoms with Crippen LogP contribution in [0.1, 0.15) is 28.9 Å². The normalized spacial score (nSPS) is 25.3. The van der Waals surface area contributed by atoms with Gasteiger partial charge in [0.1, 0.15) is 0 Å². The smallest absolute Gasteiger partial charge is 0.272 e. The molecule has 0 saturated carbocycles. The highest BCUT2D eigenvalue weighted by Crippen LogP contribution is 2.19. The highest BCUT2D eigenvalue weighted by Gasteiger charge is 2.35. The third-order valence-electron chi connectivity index (χ3n) is 4.83. The molecular formula is C17H22N4O2. The number of rotatable bonds is 3. The number of nitrogens with one attached hydrogen (secondary N) is 1. The number of amides is 1. The summed E-state index contributed by atoms with van der Waals surface area (Å²) >= 11 is 0. The highest BCUT2D eigenvalue weighted by atomic mass is 16.5. The van der Waals surface area contributed by atoms with E-state index in [2.05, 4.69) is 15.3 Å². The number of pyridine rings is 1. The third kappa shape index (κ3) is 2.84. The fourth-order valence-electron chi connectivity index (χ4n) is 3.57. The largest absolute Gasteiger partial charge is 0.378 e. The zero-order valence-electron chi connectivity index (χ0n) is 13.4. The zero-order valence-corrected chi connectivity index (χ0v) is 13.4. The molecule has 2 aliphatic heterocycles. The predicted molar refractivity (Wildman–Crippen MR) is 86.6 cm³/mol. The molecule has 0 radical (unpaired) electrons. The van der Waals surface area contributed by atoms with Gasteiger partial charge in [-0.15, -0.1) is 0 Å². The molecule has 1 N–H and O–H groups in total. The molecule has 6 heteroatoms. The number of hydrogen-bond donors (Lipinski definition) is 1. The lowest BCUT2D eigenvalue weighted by Crippen LogP contribution is -2.50. The molecule has 23 heavy (non-hydrogen) atoms. The van der Waals surface area contributed by atoms with Crippen LogP contribution in [0, 0.1) is 6.92 Å². The number of carbonyl (C=O) groups excluding carboxylic acids is 1. The molecule has 0 bridgehead atoms. The Hall–Kier alpha value is -1.92. The minimum absolute atomic E-state index is 0.0483. The molecule has 122 valence electrons. The van der Waals surface area contributed by atoms with Crippen molar-refractivity contribution in [1.82, 2.24) is 19.8 Å². The van der Waals surface area contributed by atoms with Crippen molar-refractivity contribution in [3.8, 4) is 0 Å². The second-order valence-corrected chi connectivity index (χ2v) is 6.53. The maximum Gasteiger partial charge on any atom is 0.272 e. The van der Waals surface area contributed by atoms with Crippen molar-refractivity contribution in [2.45, 2.75) is 31.8 Å². The minimum atomic E-state index is -0.119. The van der Waals surface area contributed by atoms with Crippen molar-refractivity contribution in [3.05, 3.63) is 35.7 Å². The van der Waals surface area contributed by atoms with Gasteiger partial charge in [-0.25, -0.2) is 4.52 Å². The molecule has 1 amide bonds. The summed E-state index contributed by atoms with van der Waals surface area (Å²) in [7, 11) is 0. The SMILES string of the molecule is Cc1ccn2nc(C(=O)NC3COCC3N3CCCC3)cc2c1. The van der Waals surface area contributed by atoms with E-state index in [0.717, 1.165) is 24.2 Å². The van der Waals surface area contributed by atoms with Gasteiger partial charge in [-0.05, 0) is 56.6 Å². The molecule has 2 unspecified atom stereocenters. The van der Waals surface area contributed by atoms with Gasteiger partial charge >= 0.3 is 0 Å². The van der Waals surface area contributed by atoms with E-state index in [-0.39, 0.29) is 11.9 Å². The minimum Gasteiger partial charge on any atom is -0.378 e. The van der Waals surface area contributed by atoms with Crippen LogP contribution in [0.15, 0.2) is 24.4 Å². The van der Waals surface area contributed by atoms with Crippen LogP contribution in [0.25, 0.3) is 5.52 Å². The van der Waals surface area contributed by atoms with Crippen LogP contribution < -0.4 is 5.32 Å². The molecule has 6 nitrogen and oxygen atoms in total. The predicted octanol–water partition coefficient (Wildman–Crippen LogP) is 1.24. The van der Waals surface area contributed by atoms with Gasteiger partial charge in [-0.3, -0.25) is 9.69 Å². The van der Waals surface area contributed by atoms with Crippen LogP contribution in [0.4, 0.5) is 0 Å². The van der Waals surface area contributed by atoms with E-state index in [4.69, 9.17) is 4.74 Å². The number of ether oxygens (including phenoxy) is 1. The van der Waals surface area contributed by atoms with Gasteiger partial charge in [0, 0.05) is 6.20 Å². The molecule has 2 aromatic heterocycles. The second-order valence-electron chi connectivity index (χ2n) is 6.53. The Morgan fingerprint density at radius 1 is 1.30 bits per heavy atom. The van der Waals surface area contributed by atoms with Crippen molar-refractivity contribution in [1.29, 1.82) is 0 Å². The van der Waals surface area contributed by atoms with Crippen molar-refractivity contribution in [2.24, 2.45) is 0 Å². The summed E-state index contributed by atoms with van der Waals surface area (Å²) in [6.07, 6.45) is 4.36. The van der Waals surface area contributed by atoms with Crippen LogP contribution in [0.3, 0.4) is 0 Å². The molecule has 2 aliphatic rings. The zero-order chi connectivity index (χ0) is 15.8. The van der Waals surface area contributed by atoms with Gasteiger partial charge < -0.3 is 10.1 Å². The monoisotopic (exact) mass is 314 g/mol. The Bertz CT molecular complexity index is 720. The van der Waals surface area contributed by atoms with E-state index in [1.807, 2.05) is 31.3 Å². The molecule has 0 spiro atoms. The van der Waals surface area contributed by atoms with E-state index in [1.54, 1.807) is 4.52 Å². The van der Waals surface area contributed by atoms with E-state index in [9.17, 15) is 4.79 Å². The summed E-state index contributed by atoms with van der Waals surface area (Å²) in [6.45, 7) is 5.53. The number of fused-ring (bicyclic) bond motifs is 1. The Morgan fingerprint density at radius 3 is 2.96 bits per heavy atom. The van der Waals surface area contributed by atoms with Crippen molar-refractivity contribution >= 4 is 11.4 Å². The van der Waals surface area contributed by atoms with Crippen molar-refractivity contribution < 1.29 is 9.53 Å². The summed E-state index contributed by atoms with van der Waals surface area (Å²) in [5.74, 6) is -0.119. The van der Waals surface area contributed by atoms with Crippen LogP contribution in [-0.2, 0) is 4.74 Å². The topological polar surface area (TPSA) is 58.9 Å². The Labute approximate surface area is 135 Å². The quantitative estimate of drug-likeness (QED) is 0.926. The molecule has 0 aliphatic carbocycles. The molecule has 4 rings (SSSR count). The van der Waals surface area contributed by atoms with Gasteiger partial charge in [-0.2, -0.15) is 5.10 Å². The van der Waals surface area contributed by atoms with Crippen molar-refractivity contribution in [2.75, 3.05) is 26.3 Å². The fourth-order valence-corrected chi connectivity index (χ4v) is 3.57. The summed E-state index contributed by atoms with van der Waals surface area (Å²) in [5, 5.41) is 7.48. The van der Waals surface area contributed by atoms with Gasteiger partial charge in [0.2, 0.25) is 0 Å². The first-order valence-corrected chi connectivity index (χ1v) is 8.29. The molecule has 0 aromatic carbocycles. The maximum absolute atomic E-state index is 12.6. The van der Waals surface area contributed by atoms with Crippen LogP contribution in [-0.4, -0.2) is 58.8 Å². The van der Waals surface area contributed by atoms with Gasteiger partial charge in [0.15, 0.2) is 5.69 Å². The summed E-state index contributed by atoms with van der Waals surface area (Å²) in [4.78, 5) is 15.0. The van der Waals surface area contributed by atoms with Gasteiger partial charge in [0.25, 0.3) is 5.91 Å². The molecule has 2 aromatic rings. The lowest BCUT2D eigenvalue weighted by atomic mass is 10.1. The number of likely N-dealkylation sites (tertiary alicyclic amines) is 1. The Balaban J connectivity index is 1.49. The number of nitrogens with zero attached hydrogens (tertiary/aromatic N) is 3. The first-order chi connectivity index (χ1) is 11.2. The average Bonchev–Trinajstić information content (AvgIpc) is 3.26. The van der Waals surface area contributed by atoms with Crippen LogP contribution in [0.2, 0.25) is 0 Å². The first kappa shape index (κ1) is 14.7. The standard InChI is InChI=1S/C17H22N4O2/c1-12-4-7-21-13(8-12)9-14(19-21)17(22)18-15-10-23-11-16(15)20-5-2-3-6-20/h4,7-9,15-16H,2-3,5-6,10-11H2,1H3,(H,18,22). The van der Waals surface area contributed by atoms with E-state index in [0.29, 0.717) is 24.9 Å². The van der Waals surface area contributed by atoms with Gasteiger partial charge in [0.05, 0.1) is 30.8 Å². The fraction of sp³-hybridized carbons (Fsp3) is 0.529. The maximum atomic E-state index is 12.6. The first-order valence-electron chi connectivity index (χ1n) is 8.29. The van der Waals surface area contributed by atoms with E-state index < -0.39 is 0 Å². The molecular weight excluding hydrogens is 292 g/mol. The third-order valence-corrected chi connectivity index (χ3v) is 4.83. The molecule has 2 saturated heterocycles. The van der Waals surface area contributed by atoms with Gasteiger partial charge in [-0.1, -0.05) is 0 Å². The number of carbonyl (C=O) groups is 1. The summed E-state index contributed by atoms with van der Waals surface area (Å²) in [6, 6.07) is 6.18. The van der Waals surface area contributed by atoms with Crippen molar-refractivity contribution in [3.63, 3.8) is 0 Å². The molecule has 4 heterocycles. The number of aromatic nitrogens is 2. The highest BCUT2D eigenvalue weighted by molar-refractivity contribution is 5.93. The number of aryl methyl sites for hydroxylation is 1. The molecule has 2 atom stereocenters. The molecule has 2 fully saturated rings. The second kappa shape index (κ2) is 5.94. The summed E-state index contributed by atoms with van der Waals surface area (Å²) in [5.41, 5.74) is 2.55. The van der Waals surface area contributed by atoms with E-state index >= 15 is 0 Å². The average molecular weight is 314 g/mol. The van der Waals surface area contributed by atoms with Crippen LogP contribution in [0.5, 0.6) is 0 Å². The Kier molecular flexibility index (Phi) is 3.79. The number of hydrogen-bond acceptors (Lipinski definition) is 4. The van der Waals surface area contributed by atoms with E-state index in [1.165, 1.54) is 12.8 Å². The Morgan fingerprint density at radius 2 is 2.13 bits per heavy atom. The lowest BCUT2D eigenvalue weighted by molar-refractivity contribution is 0.0911. The summed E-state index contributed by atoms with van der Waals surface area (Å²) < 4.78 is 7.35. The van der Waals surface area contributed by atoms with Crippen LogP contribution >= 0.6 is 0 Å².